The highest BCUT2D eigenvalue weighted by Crippen LogP contribution is 2.49. The first-order chi connectivity index (χ1) is 11.5. The van der Waals surface area contributed by atoms with Crippen LogP contribution in [0, 0.1) is 0 Å². The van der Waals surface area contributed by atoms with Gasteiger partial charge in [0.1, 0.15) is 24.4 Å². The summed E-state index contributed by atoms with van der Waals surface area (Å²) < 4.78 is 40.5. The van der Waals surface area contributed by atoms with E-state index in [2.05, 4.69) is 9.34 Å². The molecule has 9 heteroatoms. The summed E-state index contributed by atoms with van der Waals surface area (Å²) >= 11 is 0. The molecule has 3 fully saturated rings. The standard InChI is InChI=1S/C16H31N2O6P/c1-15(2)19-9-10(21-15)11-12(24-25(17(5)6)18(7)8)13-14(20-11)23-16(3,4)22-13/h10-14H,9H2,1-8H3/t10?,11-,12+,13-,14-/m1/s1. The fourth-order valence-electron chi connectivity index (χ4n) is 3.46. The van der Waals surface area contributed by atoms with Gasteiger partial charge in [-0.1, -0.05) is 0 Å². The maximum absolute atomic E-state index is 6.49. The van der Waals surface area contributed by atoms with Crippen LogP contribution in [0.4, 0.5) is 0 Å². The van der Waals surface area contributed by atoms with E-state index in [1.165, 1.54) is 0 Å². The predicted molar refractivity (Wildman–Crippen MR) is 92.8 cm³/mol. The van der Waals surface area contributed by atoms with Gasteiger partial charge in [-0.15, -0.1) is 0 Å². The number of rotatable bonds is 5. The van der Waals surface area contributed by atoms with Gasteiger partial charge in [0.15, 0.2) is 26.3 Å². The molecule has 0 spiro atoms. The van der Waals surface area contributed by atoms with E-state index in [4.69, 9.17) is 28.2 Å². The number of nitrogens with zero attached hydrogens (tertiary/aromatic N) is 2. The second-order valence-electron chi connectivity index (χ2n) is 7.95. The number of fused-ring (bicyclic) bond motifs is 1. The van der Waals surface area contributed by atoms with Crippen LogP contribution in [0.3, 0.4) is 0 Å². The van der Waals surface area contributed by atoms with Crippen LogP contribution in [0.15, 0.2) is 0 Å². The summed E-state index contributed by atoms with van der Waals surface area (Å²) in [5.74, 6) is -1.31. The average molecular weight is 378 g/mol. The highest BCUT2D eigenvalue weighted by Gasteiger charge is 2.59. The molecule has 3 rings (SSSR count). The maximum atomic E-state index is 6.49. The molecule has 1 unspecified atom stereocenters. The minimum absolute atomic E-state index is 0.220. The van der Waals surface area contributed by atoms with E-state index in [-0.39, 0.29) is 24.4 Å². The molecule has 25 heavy (non-hydrogen) atoms. The minimum atomic E-state index is -0.954. The van der Waals surface area contributed by atoms with Crippen molar-refractivity contribution in [1.82, 2.24) is 9.34 Å². The van der Waals surface area contributed by atoms with Gasteiger partial charge in [0.05, 0.1) is 6.61 Å². The van der Waals surface area contributed by atoms with Crippen molar-refractivity contribution in [3.8, 4) is 0 Å². The van der Waals surface area contributed by atoms with E-state index in [0.29, 0.717) is 6.61 Å². The molecule has 8 nitrogen and oxygen atoms in total. The number of hydrogen-bond donors (Lipinski definition) is 0. The van der Waals surface area contributed by atoms with Gasteiger partial charge in [0.25, 0.3) is 0 Å². The molecule has 0 saturated carbocycles. The summed E-state index contributed by atoms with van der Waals surface area (Å²) in [6.07, 6.45) is -1.58. The average Bonchev–Trinajstić information content (AvgIpc) is 3.05. The van der Waals surface area contributed by atoms with Crippen LogP contribution in [0.1, 0.15) is 27.7 Å². The Bertz CT molecular complexity index is 481. The summed E-state index contributed by atoms with van der Waals surface area (Å²) in [6, 6.07) is 0. The fourth-order valence-corrected chi connectivity index (χ4v) is 5.01. The molecular weight excluding hydrogens is 347 g/mol. The second-order valence-corrected chi connectivity index (χ2v) is 10.3. The molecule has 0 aliphatic carbocycles. The zero-order valence-corrected chi connectivity index (χ0v) is 17.3. The molecule has 0 N–H and O–H groups in total. The smallest absolute Gasteiger partial charge is 0.190 e. The zero-order valence-electron chi connectivity index (χ0n) is 16.4. The molecule has 3 aliphatic rings. The molecular formula is C16H31N2O6P. The monoisotopic (exact) mass is 378 g/mol. The molecule has 3 heterocycles. The van der Waals surface area contributed by atoms with Gasteiger partial charge >= 0.3 is 0 Å². The third-order valence-corrected chi connectivity index (χ3v) is 6.12. The molecule has 0 aromatic rings. The van der Waals surface area contributed by atoms with Crippen molar-refractivity contribution in [3.05, 3.63) is 0 Å². The lowest BCUT2D eigenvalue weighted by molar-refractivity contribution is -0.230. The third-order valence-electron chi connectivity index (χ3n) is 4.32. The first-order valence-corrected chi connectivity index (χ1v) is 9.80. The summed E-state index contributed by atoms with van der Waals surface area (Å²) in [6.45, 7) is 8.05. The van der Waals surface area contributed by atoms with Gasteiger partial charge in [-0.2, -0.15) is 0 Å². The van der Waals surface area contributed by atoms with E-state index in [1.807, 2.05) is 55.9 Å². The lowest BCUT2D eigenvalue weighted by atomic mass is 10.1. The molecule has 5 atom stereocenters. The Hall–Kier alpha value is 0.110. The van der Waals surface area contributed by atoms with E-state index in [1.54, 1.807) is 0 Å². The summed E-state index contributed by atoms with van der Waals surface area (Å²) in [4.78, 5) is 0. The molecule has 146 valence electrons. The minimum Gasteiger partial charge on any atom is -0.348 e. The topological polar surface area (TPSA) is 61.9 Å². The van der Waals surface area contributed by atoms with Crippen molar-refractivity contribution in [2.24, 2.45) is 0 Å². The summed E-state index contributed by atoms with van der Waals surface area (Å²) in [5.41, 5.74) is 0. The lowest BCUT2D eigenvalue weighted by Crippen LogP contribution is -2.44. The van der Waals surface area contributed by atoms with Crippen molar-refractivity contribution in [3.63, 3.8) is 0 Å². The van der Waals surface area contributed by atoms with Gasteiger partial charge in [0, 0.05) is 0 Å². The van der Waals surface area contributed by atoms with Crippen molar-refractivity contribution in [2.45, 2.75) is 70.0 Å². The Balaban J connectivity index is 1.80. The Morgan fingerprint density at radius 1 is 0.880 bits per heavy atom. The first-order valence-electron chi connectivity index (χ1n) is 8.63. The SMILES string of the molecule is CN(C)P(O[C@@H]1[C@H]2OC(C)(C)O[C@H]2O[C@@H]1C1COC(C)(C)O1)N(C)C. The van der Waals surface area contributed by atoms with Gasteiger partial charge in [0.2, 0.25) is 0 Å². The van der Waals surface area contributed by atoms with Crippen LogP contribution in [-0.4, -0.2) is 86.4 Å². The maximum Gasteiger partial charge on any atom is 0.190 e. The lowest BCUT2D eigenvalue weighted by Gasteiger charge is -2.35. The highest BCUT2D eigenvalue weighted by atomic mass is 31.2. The second kappa shape index (κ2) is 6.93. The van der Waals surface area contributed by atoms with E-state index in [9.17, 15) is 0 Å². The van der Waals surface area contributed by atoms with Crippen LogP contribution >= 0.6 is 8.45 Å². The van der Waals surface area contributed by atoms with Crippen LogP contribution in [0.5, 0.6) is 0 Å². The van der Waals surface area contributed by atoms with Crippen molar-refractivity contribution in [1.29, 1.82) is 0 Å². The molecule has 0 amide bonds. The summed E-state index contributed by atoms with van der Waals surface area (Å²) in [7, 11) is 7.05. The molecule has 3 aliphatic heterocycles. The molecule has 0 aromatic carbocycles. The van der Waals surface area contributed by atoms with E-state index in [0.717, 1.165) is 0 Å². The molecule has 0 aromatic heterocycles. The first kappa shape index (κ1) is 19.9. The highest BCUT2D eigenvalue weighted by molar-refractivity contribution is 7.47. The number of ether oxygens (including phenoxy) is 5. The van der Waals surface area contributed by atoms with Crippen LogP contribution in [0.2, 0.25) is 0 Å². The van der Waals surface area contributed by atoms with Crippen molar-refractivity contribution < 1.29 is 28.2 Å². The Labute approximate surface area is 151 Å². The van der Waals surface area contributed by atoms with Gasteiger partial charge in [-0.3, -0.25) is 9.34 Å². The molecule has 3 saturated heterocycles. The zero-order chi connectivity index (χ0) is 18.6. The predicted octanol–water partition coefficient (Wildman–Crippen LogP) is 1.75. The van der Waals surface area contributed by atoms with E-state index < -0.39 is 26.3 Å². The van der Waals surface area contributed by atoms with E-state index >= 15 is 0 Å². The van der Waals surface area contributed by atoms with Crippen LogP contribution in [-0.2, 0) is 28.2 Å². The van der Waals surface area contributed by atoms with Gasteiger partial charge in [-0.05, 0) is 55.9 Å². The Morgan fingerprint density at radius 3 is 2.04 bits per heavy atom. The molecule has 0 radical (unpaired) electrons. The Morgan fingerprint density at radius 2 is 1.52 bits per heavy atom. The third kappa shape index (κ3) is 4.18. The Kier molecular flexibility index (Phi) is 5.50. The van der Waals surface area contributed by atoms with Crippen molar-refractivity contribution in [2.75, 3.05) is 34.8 Å². The van der Waals surface area contributed by atoms with Crippen molar-refractivity contribution >= 4 is 8.45 Å². The fraction of sp³-hybridized carbons (Fsp3) is 1.00. The largest absolute Gasteiger partial charge is 0.348 e. The van der Waals surface area contributed by atoms with Gasteiger partial charge in [-0.25, -0.2) is 0 Å². The van der Waals surface area contributed by atoms with Gasteiger partial charge < -0.3 is 28.2 Å². The number of hydrogen-bond acceptors (Lipinski definition) is 8. The summed E-state index contributed by atoms with van der Waals surface area (Å²) in [5, 5.41) is 0. The van der Waals surface area contributed by atoms with Crippen LogP contribution < -0.4 is 0 Å². The normalized spacial score (nSPS) is 39.7. The quantitative estimate of drug-likeness (QED) is 0.671. The van der Waals surface area contributed by atoms with Crippen LogP contribution in [0.25, 0.3) is 0 Å². The molecule has 0 bridgehead atoms.